The van der Waals surface area contributed by atoms with E-state index in [-0.39, 0.29) is 29.7 Å². The third-order valence-corrected chi connectivity index (χ3v) is 14.2. The Morgan fingerprint density at radius 3 is 2.12 bits per heavy atom. The van der Waals surface area contributed by atoms with Gasteiger partial charge in [0.1, 0.15) is 12.1 Å². The Labute approximate surface area is 349 Å². The Morgan fingerprint density at radius 1 is 0.780 bits per heavy atom. The summed E-state index contributed by atoms with van der Waals surface area (Å²) in [4.78, 5) is 76.8. The smallest absolute Gasteiger partial charge is 0.262 e. The fourth-order valence-electron chi connectivity index (χ4n) is 10.5. The Bertz CT molecular complexity index is 2230. The maximum Gasteiger partial charge on any atom is 0.262 e. The molecule has 9 rings (SSSR count). The molecule has 6 heterocycles. The van der Waals surface area contributed by atoms with Crippen molar-refractivity contribution in [1.29, 1.82) is 5.26 Å². The predicted molar refractivity (Wildman–Crippen MR) is 224 cm³/mol. The van der Waals surface area contributed by atoms with Crippen molar-refractivity contribution in [3.05, 3.63) is 87.9 Å². The van der Waals surface area contributed by atoms with Gasteiger partial charge in [-0.3, -0.25) is 39.1 Å². The summed E-state index contributed by atoms with van der Waals surface area (Å²) in [5, 5.41) is 12.0. The first-order chi connectivity index (χ1) is 28.5. The van der Waals surface area contributed by atoms with Gasteiger partial charge in [-0.05, 0) is 112 Å². The highest BCUT2D eigenvalue weighted by atomic mass is 35.5. The number of amides is 5. The van der Waals surface area contributed by atoms with E-state index in [1.54, 1.807) is 12.1 Å². The SMILES string of the molecule is CC1CC2(CCN(c3ccc(C(=O)N4CCN(C5CCN(c6ccc7c(c6)C(=O)N(C6CCC(=O)NC6=O)C7=O)CC5)CC4)cc3)CC2)CN1c1ccc(C#N)c(Cl)c1. The number of fused-ring (bicyclic) bond motifs is 1. The first-order valence-corrected chi connectivity index (χ1v) is 21.3. The minimum absolute atomic E-state index is 0.0763. The fourth-order valence-corrected chi connectivity index (χ4v) is 10.7. The number of nitriles is 1. The summed E-state index contributed by atoms with van der Waals surface area (Å²) in [7, 11) is 0. The van der Waals surface area contributed by atoms with Gasteiger partial charge in [-0.1, -0.05) is 11.6 Å². The molecule has 6 aliphatic heterocycles. The van der Waals surface area contributed by atoms with Crippen molar-refractivity contribution in [1.82, 2.24) is 20.0 Å². The first-order valence-electron chi connectivity index (χ1n) is 21.0. The van der Waals surface area contributed by atoms with Crippen LogP contribution in [0.15, 0.2) is 60.7 Å². The van der Waals surface area contributed by atoms with Crippen LogP contribution in [0.1, 0.15) is 88.5 Å². The fraction of sp³-hybridized carbons (Fsp3) is 0.467. The number of halogens is 1. The van der Waals surface area contributed by atoms with Gasteiger partial charge in [0.15, 0.2) is 0 Å². The molecule has 1 N–H and O–H groups in total. The maximum atomic E-state index is 13.6. The molecule has 5 saturated heterocycles. The number of nitrogens with one attached hydrogen (secondary N) is 1. The largest absolute Gasteiger partial charge is 0.371 e. The molecule has 306 valence electrons. The number of piperazine rings is 1. The molecule has 13 nitrogen and oxygen atoms in total. The number of rotatable bonds is 6. The highest BCUT2D eigenvalue weighted by Gasteiger charge is 2.46. The van der Waals surface area contributed by atoms with E-state index < -0.39 is 29.7 Å². The zero-order valence-corrected chi connectivity index (χ0v) is 34.1. The zero-order chi connectivity index (χ0) is 41.0. The van der Waals surface area contributed by atoms with E-state index in [2.05, 4.69) is 50.0 Å². The molecule has 0 bridgehead atoms. The van der Waals surface area contributed by atoms with Crippen molar-refractivity contribution in [3.63, 3.8) is 0 Å². The molecule has 1 spiro atoms. The van der Waals surface area contributed by atoms with Gasteiger partial charge in [0.2, 0.25) is 11.8 Å². The van der Waals surface area contributed by atoms with Crippen LogP contribution in [-0.2, 0) is 9.59 Å². The Balaban J connectivity index is 0.736. The minimum atomic E-state index is -0.979. The number of piperidine rings is 3. The van der Waals surface area contributed by atoms with Crippen molar-refractivity contribution in [3.8, 4) is 6.07 Å². The number of carbonyl (C=O) groups excluding carboxylic acids is 5. The maximum absolute atomic E-state index is 13.6. The standard InChI is InChI=1S/C45H49ClN8O5/c1-29-26-45(28-53(29)35-7-4-31(27-47)38(46)25-35)14-18-50(19-15-45)32-5-2-30(3-6-32)42(57)52-22-20-51(21-23-52)33-12-16-49(17-13-33)34-8-9-36-37(24-34)44(59)54(43(36)58)39-10-11-40(55)48-41(39)56/h2-9,24-25,29,33,39H,10-23,26,28H2,1H3,(H,48,55,56). The summed E-state index contributed by atoms with van der Waals surface area (Å²) in [6.07, 6.45) is 5.46. The molecule has 2 atom stereocenters. The molecule has 6 aliphatic rings. The average molecular weight is 817 g/mol. The van der Waals surface area contributed by atoms with Crippen molar-refractivity contribution < 1.29 is 24.0 Å². The number of hydrogen-bond donors (Lipinski definition) is 1. The Kier molecular flexibility index (Phi) is 10.3. The topological polar surface area (TPSA) is 141 Å². The van der Waals surface area contributed by atoms with Crippen molar-refractivity contribution >= 4 is 58.2 Å². The average Bonchev–Trinajstić information content (AvgIpc) is 3.71. The van der Waals surface area contributed by atoms with E-state index >= 15 is 0 Å². The van der Waals surface area contributed by atoms with Gasteiger partial charge in [-0.2, -0.15) is 5.26 Å². The number of benzene rings is 3. The number of nitrogens with zero attached hydrogens (tertiary/aromatic N) is 7. The van der Waals surface area contributed by atoms with Crippen LogP contribution in [0.4, 0.5) is 17.1 Å². The predicted octanol–water partition coefficient (Wildman–Crippen LogP) is 4.93. The molecule has 0 radical (unpaired) electrons. The van der Waals surface area contributed by atoms with Crippen LogP contribution in [0.25, 0.3) is 0 Å². The quantitative estimate of drug-likeness (QED) is 0.341. The Morgan fingerprint density at radius 2 is 1.44 bits per heavy atom. The van der Waals surface area contributed by atoms with Gasteiger partial charge in [-0.15, -0.1) is 0 Å². The van der Waals surface area contributed by atoms with Gasteiger partial charge in [-0.25, -0.2) is 0 Å². The van der Waals surface area contributed by atoms with Gasteiger partial charge < -0.3 is 19.6 Å². The molecule has 2 unspecified atom stereocenters. The van der Waals surface area contributed by atoms with E-state index in [0.29, 0.717) is 41.3 Å². The lowest BCUT2D eigenvalue weighted by atomic mass is 9.76. The van der Waals surface area contributed by atoms with Crippen LogP contribution in [0, 0.1) is 16.7 Å². The second-order valence-corrected chi connectivity index (χ2v) is 17.6. The van der Waals surface area contributed by atoms with E-state index in [4.69, 9.17) is 11.6 Å². The van der Waals surface area contributed by atoms with Crippen LogP contribution in [0.5, 0.6) is 0 Å². The van der Waals surface area contributed by atoms with Crippen LogP contribution in [0.2, 0.25) is 5.02 Å². The molecule has 59 heavy (non-hydrogen) atoms. The number of carbonyl (C=O) groups is 5. The number of anilines is 3. The van der Waals surface area contributed by atoms with Crippen LogP contribution in [0.3, 0.4) is 0 Å². The van der Waals surface area contributed by atoms with Gasteiger partial charge in [0.25, 0.3) is 17.7 Å². The van der Waals surface area contributed by atoms with Gasteiger partial charge >= 0.3 is 0 Å². The lowest BCUT2D eigenvalue weighted by Gasteiger charge is -2.43. The highest BCUT2D eigenvalue weighted by Crippen LogP contribution is 2.46. The van der Waals surface area contributed by atoms with E-state index in [9.17, 15) is 29.2 Å². The summed E-state index contributed by atoms with van der Waals surface area (Å²) in [5.74, 6) is -1.91. The molecule has 14 heteroatoms. The molecule has 0 saturated carbocycles. The molecule has 0 aliphatic carbocycles. The summed E-state index contributed by atoms with van der Waals surface area (Å²) in [6.45, 7) is 9.84. The monoisotopic (exact) mass is 816 g/mol. The van der Waals surface area contributed by atoms with E-state index in [1.807, 2.05) is 41.3 Å². The summed E-state index contributed by atoms with van der Waals surface area (Å²) < 4.78 is 0. The van der Waals surface area contributed by atoms with Crippen molar-refractivity contribution in [2.24, 2.45) is 5.41 Å². The molecule has 0 aromatic heterocycles. The number of imide groups is 2. The third kappa shape index (κ3) is 7.31. The minimum Gasteiger partial charge on any atom is -0.371 e. The second-order valence-electron chi connectivity index (χ2n) is 17.2. The lowest BCUT2D eigenvalue weighted by Crippen LogP contribution is -2.54. The normalized spacial score (nSPS) is 23.8. The molecular formula is C45H49ClN8O5. The summed E-state index contributed by atoms with van der Waals surface area (Å²) in [5.41, 5.74) is 5.19. The molecule has 3 aromatic rings. The molecule has 5 amide bonds. The Hall–Kier alpha value is -5.45. The molecule has 3 aromatic carbocycles. The van der Waals surface area contributed by atoms with Crippen LogP contribution >= 0.6 is 11.6 Å². The van der Waals surface area contributed by atoms with Gasteiger partial charge in [0.05, 0.1) is 21.7 Å². The van der Waals surface area contributed by atoms with Crippen molar-refractivity contribution in [2.45, 2.75) is 70.0 Å². The first kappa shape index (κ1) is 39.0. The third-order valence-electron chi connectivity index (χ3n) is 13.8. The number of hydrogen-bond acceptors (Lipinski definition) is 10. The van der Waals surface area contributed by atoms with Crippen LogP contribution < -0.4 is 20.0 Å². The molecule has 5 fully saturated rings. The highest BCUT2D eigenvalue weighted by molar-refractivity contribution is 6.32. The second kappa shape index (κ2) is 15.6. The summed E-state index contributed by atoms with van der Waals surface area (Å²) >= 11 is 6.38. The van der Waals surface area contributed by atoms with Crippen molar-refractivity contribution in [2.75, 3.05) is 73.6 Å². The zero-order valence-electron chi connectivity index (χ0n) is 33.4. The van der Waals surface area contributed by atoms with Gasteiger partial charge in [0, 0.05) is 100 Å². The van der Waals surface area contributed by atoms with E-state index in [1.165, 1.54) is 0 Å². The summed E-state index contributed by atoms with van der Waals surface area (Å²) in [6, 6.07) is 21.2. The molecular weight excluding hydrogens is 768 g/mol. The van der Waals surface area contributed by atoms with Crippen LogP contribution in [-0.4, -0.2) is 121 Å². The lowest BCUT2D eigenvalue weighted by molar-refractivity contribution is -0.136. The van der Waals surface area contributed by atoms with E-state index in [0.717, 1.165) is 105 Å².